The van der Waals surface area contributed by atoms with Gasteiger partial charge in [0, 0.05) is 12.1 Å². The van der Waals surface area contributed by atoms with Crippen LogP contribution in [-0.2, 0) is 6.61 Å². The molecule has 7 heteroatoms. The molecule has 6 nitrogen and oxygen atoms in total. The van der Waals surface area contributed by atoms with Crippen LogP contribution in [0.1, 0.15) is 16.7 Å². The van der Waals surface area contributed by atoms with Gasteiger partial charge in [0.1, 0.15) is 6.61 Å². The number of hydrogen-bond donors (Lipinski definition) is 0. The van der Waals surface area contributed by atoms with Crippen molar-refractivity contribution in [1.29, 1.82) is 5.26 Å². The molecular weight excluding hydrogens is 543 g/mol. The molecule has 0 saturated carbocycles. The number of nitro benzene ring substituents is 1. The molecule has 0 saturated heterocycles. The average molecular weight is 562 g/mol. The van der Waals surface area contributed by atoms with E-state index in [2.05, 4.69) is 52.9 Å². The quantitative estimate of drug-likeness (QED) is 0.0796. The van der Waals surface area contributed by atoms with Gasteiger partial charge < -0.3 is 9.47 Å². The van der Waals surface area contributed by atoms with Gasteiger partial charge in [-0.3, -0.25) is 10.1 Å². The molecule has 0 bridgehead atoms. The van der Waals surface area contributed by atoms with Gasteiger partial charge in [0.25, 0.3) is 5.69 Å². The number of benzene rings is 4. The Kier molecular flexibility index (Phi) is 7.09. The highest BCUT2D eigenvalue weighted by Gasteiger charge is 2.14. The summed E-state index contributed by atoms with van der Waals surface area (Å²) in [5.74, 6) is 1.15. The Morgan fingerprint density at radius 3 is 2.59 bits per heavy atom. The van der Waals surface area contributed by atoms with Crippen LogP contribution in [0.15, 0.2) is 78.9 Å². The molecule has 4 aromatic carbocycles. The van der Waals surface area contributed by atoms with Crippen molar-refractivity contribution in [3.05, 3.63) is 109 Å². The molecule has 0 aliphatic carbocycles. The highest BCUT2D eigenvalue weighted by molar-refractivity contribution is 14.1. The summed E-state index contributed by atoms with van der Waals surface area (Å²) in [6.07, 6.45) is 1.68. The van der Waals surface area contributed by atoms with E-state index >= 15 is 0 Å². The zero-order valence-electron chi connectivity index (χ0n) is 18.2. The molecule has 0 N–H and O–H groups in total. The maximum absolute atomic E-state index is 11.1. The fourth-order valence-electron chi connectivity index (χ4n) is 3.58. The van der Waals surface area contributed by atoms with Crippen molar-refractivity contribution >= 4 is 50.7 Å². The first kappa shape index (κ1) is 23.3. The molecule has 168 valence electrons. The lowest BCUT2D eigenvalue weighted by molar-refractivity contribution is -0.384. The molecular formula is C27H19IN2O4. The molecule has 0 aliphatic heterocycles. The van der Waals surface area contributed by atoms with Gasteiger partial charge in [-0.15, -0.1) is 0 Å². The van der Waals surface area contributed by atoms with Crippen LogP contribution in [0, 0.1) is 25.0 Å². The van der Waals surface area contributed by atoms with Crippen molar-refractivity contribution in [2.24, 2.45) is 0 Å². The van der Waals surface area contributed by atoms with Crippen molar-refractivity contribution in [2.75, 3.05) is 7.11 Å². The van der Waals surface area contributed by atoms with Crippen molar-refractivity contribution in [3.8, 4) is 17.6 Å². The number of hydrogen-bond acceptors (Lipinski definition) is 5. The van der Waals surface area contributed by atoms with E-state index in [1.165, 1.54) is 17.5 Å². The largest absolute Gasteiger partial charge is 0.493 e. The average Bonchev–Trinajstić information content (AvgIpc) is 2.86. The Balaban J connectivity index is 1.61. The number of nitriles is 1. The zero-order valence-corrected chi connectivity index (χ0v) is 20.4. The summed E-state index contributed by atoms with van der Waals surface area (Å²) in [4.78, 5) is 10.6. The van der Waals surface area contributed by atoms with E-state index in [1.54, 1.807) is 31.4 Å². The van der Waals surface area contributed by atoms with Crippen LogP contribution in [0.3, 0.4) is 0 Å². The van der Waals surface area contributed by atoms with Crippen LogP contribution < -0.4 is 9.47 Å². The maximum atomic E-state index is 11.1. The fourth-order valence-corrected chi connectivity index (χ4v) is 4.36. The van der Waals surface area contributed by atoms with E-state index in [4.69, 9.17) is 9.47 Å². The van der Waals surface area contributed by atoms with E-state index in [0.29, 0.717) is 29.2 Å². The van der Waals surface area contributed by atoms with Crippen molar-refractivity contribution in [3.63, 3.8) is 0 Å². The van der Waals surface area contributed by atoms with Crippen LogP contribution in [0.2, 0.25) is 0 Å². The molecule has 34 heavy (non-hydrogen) atoms. The van der Waals surface area contributed by atoms with Gasteiger partial charge in [0.05, 0.1) is 27.2 Å². The van der Waals surface area contributed by atoms with Gasteiger partial charge in [-0.2, -0.15) is 5.26 Å². The van der Waals surface area contributed by atoms with Gasteiger partial charge in [0.2, 0.25) is 0 Å². The SMILES string of the molecule is COc1cc(/C=C(/C#N)c2cccc([N+](=O)[O-])c2)cc(I)c1OCc1ccc2ccccc2c1. The number of allylic oxidation sites excluding steroid dienone is 1. The Hall–Kier alpha value is -3.90. The van der Waals surface area contributed by atoms with Crippen LogP contribution in [0.25, 0.3) is 22.4 Å². The van der Waals surface area contributed by atoms with Gasteiger partial charge in [-0.25, -0.2) is 0 Å². The predicted octanol–water partition coefficient (Wildman–Crippen LogP) is 7.00. The second-order valence-corrected chi connectivity index (χ2v) is 8.64. The van der Waals surface area contributed by atoms with Crippen LogP contribution >= 0.6 is 22.6 Å². The molecule has 4 rings (SSSR count). The highest BCUT2D eigenvalue weighted by Crippen LogP contribution is 2.36. The third kappa shape index (κ3) is 5.18. The minimum atomic E-state index is -0.480. The van der Waals surface area contributed by atoms with Crippen LogP contribution in [0.5, 0.6) is 11.5 Å². The number of halogens is 1. The molecule has 0 radical (unpaired) electrons. The number of fused-ring (bicyclic) bond motifs is 1. The van der Waals surface area contributed by atoms with Crippen molar-refractivity contribution < 1.29 is 14.4 Å². The minimum absolute atomic E-state index is 0.0664. The molecule has 0 spiro atoms. The molecule has 0 atom stereocenters. The lowest BCUT2D eigenvalue weighted by atomic mass is 10.0. The summed E-state index contributed by atoms with van der Waals surface area (Å²) in [7, 11) is 1.56. The Labute approximate surface area is 210 Å². The number of rotatable bonds is 7. The second kappa shape index (κ2) is 10.4. The van der Waals surface area contributed by atoms with Crippen molar-refractivity contribution in [1.82, 2.24) is 0 Å². The van der Waals surface area contributed by atoms with E-state index in [-0.39, 0.29) is 5.69 Å². The Morgan fingerprint density at radius 2 is 1.85 bits per heavy atom. The first-order valence-corrected chi connectivity index (χ1v) is 11.4. The summed E-state index contributed by atoms with van der Waals surface area (Å²) in [5, 5.41) is 23.1. The maximum Gasteiger partial charge on any atom is 0.270 e. The Bertz CT molecular complexity index is 1460. The molecule has 0 aliphatic rings. The summed E-state index contributed by atoms with van der Waals surface area (Å²) < 4.78 is 12.5. The summed E-state index contributed by atoms with van der Waals surface area (Å²) in [6.45, 7) is 0.378. The number of ether oxygens (including phenoxy) is 2. The van der Waals surface area contributed by atoms with Gasteiger partial charge in [-0.05, 0) is 74.3 Å². The smallest absolute Gasteiger partial charge is 0.270 e. The van der Waals surface area contributed by atoms with E-state index in [0.717, 1.165) is 20.1 Å². The second-order valence-electron chi connectivity index (χ2n) is 7.48. The summed E-state index contributed by atoms with van der Waals surface area (Å²) >= 11 is 2.17. The first-order valence-electron chi connectivity index (χ1n) is 10.3. The standard InChI is InChI=1S/C27H19IN2O4/c1-33-26-14-19(12-23(16-29)22-7-4-8-24(15-22)30(31)32)13-25(28)27(26)34-17-18-9-10-20-5-2-3-6-21(20)11-18/h2-15H,17H2,1H3/b23-12-. The van der Waals surface area contributed by atoms with Crippen LogP contribution in [0.4, 0.5) is 5.69 Å². The number of nitro groups is 1. The van der Waals surface area contributed by atoms with Crippen molar-refractivity contribution in [2.45, 2.75) is 6.61 Å². The molecule has 0 unspecified atom stereocenters. The topological polar surface area (TPSA) is 85.4 Å². The summed E-state index contributed by atoms with van der Waals surface area (Å²) in [5.41, 5.74) is 2.48. The van der Waals surface area contributed by atoms with E-state index < -0.39 is 4.92 Å². The third-order valence-electron chi connectivity index (χ3n) is 5.25. The predicted molar refractivity (Wildman–Crippen MR) is 141 cm³/mol. The lowest BCUT2D eigenvalue weighted by Crippen LogP contribution is -2.00. The fraction of sp³-hybridized carbons (Fsp3) is 0.0741. The summed E-state index contributed by atoms with van der Waals surface area (Å²) in [6, 6.07) is 26.2. The molecule has 0 aromatic heterocycles. The van der Waals surface area contributed by atoms with E-state index in [9.17, 15) is 15.4 Å². The lowest BCUT2D eigenvalue weighted by Gasteiger charge is -2.14. The number of methoxy groups -OCH3 is 1. The van der Waals surface area contributed by atoms with Crippen LogP contribution in [-0.4, -0.2) is 12.0 Å². The highest BCUT2D eigenvalue weighted by atomic mass is 127. The van der Waals surface area contributed by atoms with Gasteiger partial charge >= 0.3 is 0 Å². The van der Waals surface area contributed by atoms with Gasteiger partial charge in [0.15, 0.2) is 11.5 Å². The molecule has 4 aromatic rings. The third-order valence-corrected chi connectivity index (χ3v) is 6.05. The van der Waals surface area contributed by atoms with E-state index in [1.807, 2.05) is 24.3 Å². The first-order chi connectivity index (χ1) is 16.5. The number of non-ortho nitro benzene ring substituents is 1. The van der Waals surface area contributed by atoms with Gasteiger partial charge in [-0.1, -0.05) is 48.5 Å². The number of nitrogens with zero attached hydrogens (tertiary/aromatic N) is 2. The molecule has 0 amide bonds. The normalized spacial score (nSPS) is 11.1. The molecule has 0 heterocycles. The minimum Gasteiger partial charge on any atom is -0.493 e. The monoisotopic (exact) mass is 562 g/mol. The zero-order chi connectivity index (χ0) is 24.1. The Morgan fingerprint density at radius 1 is 1.06 bits per heavy atom. The molecule has 0 fully saturated rings.